The standard InChI is InChI=1S/C12H10ClN3S2/c1-7(9-4-5-10(13)18-9)16-11-8(15-12(16)17)3-2-6-14-11/h2-7H,1H3,(H,15,17). The molecule has 92 valence electrons. The lowest BCUT2D eigenvalue weighted by Crippen LogP contribution is -2.05. The molecule has 0 aromatic carbocycles. The molecule has 0 aliphatic rings. The normalized spacial score (nSPS) is 13.0. The maximum absolute atomic E-state index is 5.98. The lowest BCUT2D eigenvalue weighted by Gasteiger charge is -2.11. The second-order valence-electron chi connectivity index (χ2n) is 3.99. The maximum atomic E-state index is 5.98. The van der Waals surface area contributed by atoms with Gasteiger partial charge >= 0.3 is 0 Å². The predicted molar refractivity (Wildman–Crippen MR) is 78.1 cm³/mol. The molecule has 6 heteroatoms. The van der Waals surface area contributed by atoms with E-state index in [0.717, 1.165) is 15.5 Å². The SMILES string of the molecule is CC(c1ccc(Cl)s1)n1c(=S)[nH]c2cccnc21. The third-order valence-electron chi connectivity index (χ3n) is 2.87. The largest absolute Gasteiger partial charge is 0.329 e. The van der Waals surface area contributed by atoms with E-state index in [-0.39, 0.29) is 6.04 Å². The molecule has 3 aromatic heterocycles. The van der Waals surface area contributed by atoms with Crippen molar-refractivity contribution in [2.75, 3.05) is 0 Å². The number of fused-ring (bicyclic) bond motifs is 1. The zero-order chi connectivity index (χ0) is 12.7. The van der Waals surface area contributed by atoms with Gasteiger partial charge in [-0.1, -0.05) is 11.6 Å². The minimum Gasteiger partial charge on any atom is -0.329 e. The van der Waals surface area contributed by atoms with Crippen molar-refractivity contribution in [2.45, 2.75) is 13.0 Å². The van der Waals surface area contributed by atoms with E-state index >= 15 is 0 Å². The highest BCUT2D eigenvalue weighted by molar-refractivity contribution is 7.71. The van der Waals surface area contributed by atoms with Gasteiger partial charge in [-0.15, -0.1) is 11.3 Å². The summed E-state index contributed by atoms with van der Waals surface area (Å²) in [5.74, 6) is 0. The number of hydrogen-bond donors (Lipinski definition) is 1. The third kappa shape index (κ3) is 1.88. The van der Waals surface area contributed by atoms with Gasteiger partial charge in [-0.3, -0.25) is 4.57 Å². The van der Waals surface area contributed by atoms with Crippen molar-refractivity contribution < 1.29 is 0 Å². The van der Waals surface area contributed by atoms with Gasteiger partial charge in [0.1, 0.15) is 0 Å². The van der Waals surface area contributed by atoms with Gasteiger partial charge in [0.25, 0.3) is 0 Å². The average molecular weight is 296 g/mol. The summed E-state index contributed by atoms with van der Waals surface area (Å²) in [6.07, 6.45) is 1.77. The number of nitrogens with zero attached hydrogens (tertiary/aromatic N) is 2. The number of imidazole rings is 1. The predicted octanol–water partition coefficient (Wildman–Crippen LogP) is 4.42. The van der Waals surface area contributed by atoms with E-state index in [1.165, 1.54) is 4.88 Å². The van der Waals surface area contributed by atoms with Gasteiger partial charge in [-0.25, -0.2) is 4.98 Å². The molecule has 0 bridgehead atoms. The van der Waals surface area contributed by atoms with Crippen LogP contribution in [0.2, 0.25) is 4.34 Å². The molecule has 0 saturated heterocycles. The molecule has 1 N–H and O–H groups in total. The van der Waals surface area contributed by atoms with Gasteiger partial charge < -0.3 is 4.98 Å². The zero-order valence-electron chi connectivity index (χ0n) is 9.55. The van der Waals surface area contributed by atoms with Crippen LogP contribution in [-0.2, 0) is 0 Å². The summed E-state index contributed by atoms with van der Waals surface area (Å²) in [5, 5.41) is 0. The van der Waals surface area contributed by atoms with E-state index < -0.39 is 0 Å². The first kappa shape index (κ1) is 11.9. The Bertz CT molecular complexity index is 756. The molecule has 0 amide bonds. The van der Waals surface area contributed by atoms with Crippen molar-refractivity contribution in [1.29, 1.82) is 0 Å². The highest BCUT2D eigenvalue weighted by Crippen LogP contribution is 2.30. The molecule has 3 rings (SSSR count). The van der Waals surface area contributed by atoms with Crippen molar-refractivity contribution in [2.24, 2.45) is 0 Å². The number of rotatable bonds is 2. The fraction of sp³-hybridized carbons (Fsp3) is 0.167. The van der Waals surface area contributed by atoms with E-state index in [4.69, 9.17) is 23.8 Å². The number of aromatic nitrogens is 3. The molecule has 18 heavy (non-hydrogen) atoms. The van der Waals surface area contributed by atoms with Crippen LogP contribution in [0.3, 0.4) is 0 Å². The Hall–Kier alpha value is -1.17. The number of nitrogens with one attached hydrogen (secondary N) is 1. The van der Waals surface area contributed by atoms with Gasteiger partial charge in [0.2, 0.25) is 0 Å². The highest BCUT2D eigenvalue weighted by Gasteiger charge is 2.15. The first-order valence-corrected chi connectivity index (χ1v) is 7.07. The van der Waals surface area contributed by atoms with Crippen LogP contribution in [0.25, 0.3) is 11.2 Å². The molecule has 0 radical (unpaired) electrons. The summed E-state index contributed by atoms with van der Waals surface area (Å²) in [7, 11) is 0. The lowest BCUT2D eigenvalue weighted by molar-refractivity contribution is 0.655. The van der Waals surface area contributed by atoms with Crippen molar-refractivity contribution >= 4 is 46.3 Å². The van der Waals surface area contributed by atoms with Crippen molar-refractivity contribution in [3.8, 4) is 0 Å². The maximum Gasteiger partial charge on any atom is 0.179 e. The molecule has 0 aliphatic heterocycles. The lowest BCUT2D eigenvalue weighted by atomic mass is 10.3. The molecule has 0 saturated carbocycles. The van der Waals surface area contributed by atoms with Crippen LogP contribution in [0.15, 0.2) is 30.5 Å². The van der Waals surface area contributed by atoms with Gasteiger partial charge in [0.15, 0.2) is 10.4 Å². The Morgan fingerprint density at radius 3 is 3.00 bits per heavy atom. The molecule has 0 spiro atoms. The zero-order valence-corrected chi connectivity index (χ0v) is 11.9. The van der Waals surface area contributed by atoms with Gasteiger partial charge in [-0.05, 0) is 43.4 Å². The number of hydrogen-bond acceptors (Lipinski definition) is 3. The number of aromatic amines is 1. The Balaban J connectivity index is 2.19. The first-order chi connectivity index (χ1) is 8.66. The molecular formula is C12H10ClN3S2. The number of halogens is 1. The van der Waals surface area contributed by atoms with Crippen LogP contribution in [0.5, 0.6) is 0 Å². The van der Waals surface area contributed by atoms with Gasteiger partial charge in [0, 0.05) is 11.1 Å². The van der Waals surface area contributed by atoms with Crippen LogP contribution in [0.1, 0.15) is 17.8 Å². The Morgan fingerprint density at radius 1 is 1.44 bits per heavy atom. The highest BCUT2D eigenvalue weighted by atomic mass is 35.5. The van der Waals surface area contributed by atoms with E-state index in [1.807, 2.05) is 28.8 Å². The molecule has 1 atom stereocenters. The smallest absolute Gasteiger partial charge is 0.179 e. The monoisotopic (exact) mass is 295 g/mol. The molecule has 0 aliphatic carbocycles. The number of pyridine rings is 1. The summed E-state index contributed by atoms with van der Waals surface area (Å²) >= 11 is 12.9. The van der Waals surface area contributed by atoms with E-state index in [2.05, 4.69) is 16.9 Å². The molecule has 3 nitrogen and oxygen atoms in total. The summed E-state index contributed by atoms with van der Waals surface area (Å²) < 4.78 is 3.49. The topological polar surface area (TPSA) is 33.6 Å². The third-order valence-corrected chi connectivity index (χ3v) is 4.57. The fourth-order valence-electron chi connectivity index (χ4n) is 2.00. The van der Waals surface area contributed by atoms with E-state index in [1.54, 1.807) is 17.5 Å². The van der Waals surface area contributed by atoms with E-state index in [9.17, 15) is 0 Å². The Morgan fingerprint density at radius 2 is 2.28 bits per heavy atom. The fourth-order valence-corrected chi connectivity index (χ4v) is 3.46. The Kier molecular flexibility index (Phi) is 2.97. The minimum atomic E-state index is 0.124. The van der Waals surface area contributed by atoms with Crippen LogP contribution in [0.4, 0.5) is 0 Å². The summed E-state index contributed by atoms with van der Waals surface area (Å²) in [4.78, 5) is 8.73. The summed E-state index contributed by atoms with van der Waals surface area (Å²) in [5.41, 5.74) is 1.83. The quantitative estimate of drug-likeness (QED) is 0.710. The van der Waals surface area contributed by atoms with Crippen LogP contribution < -0.4 is 0 Å². The summed E-state index contributed by atoms with van der Waals surface area (Å²) in [6.45, 7) is 2.10. The van der Waals surface area contributed by atoms with Gasteiger partial charge in [-0.2, -0.15) is 0 Å². The number of thiophene rings is 1. The minimum absolute atomic E-state index is 0.124. The van der Waals surface area contributed by atoms with Crippen LogP contribution in [-0.4, -0.2) is 14.5 Å². The van der Waals surface area contributed by atoms with Crippen molar-refractivity contribution in [3.63, 3.8) is 0 Å². The molecular weight excluding hydrogens is 286 g/mol. The molecule has 0 fully saturated rings. The second kappa shape index (κ2) is 4.50. The van der Waals surface area contributed by atoms with Gasteiger partial charge in [0.05, 0.1) is 15.9 Å². The molecule has 3 aromatic rings. The van der Waals surface area contributed by atoms with Crippen molar-refractivity contribution in [3.05, 3.63) is 44.4 Å². The first-order valence-electron chi connectivity index (χ1n) is 5.47. The average Bonchev–Trinajstić information content (AvgIpc) is 2.91. The van der Waals surface area contributed by atoms with E-state index in [0.29, 0.717) is 4.77 Å². The van der Waals surface area contributed by atoms with Crippen LogP contribution >= 0.6 is 35.2 Å². The second-order valence-corrected chi connectivity index (χ2v) is 6.13. The molecule has 3 heterocycles. The Labute approximate surface area is 118 Å². The van der Waals surface area contributed by atoms with Crippen molar-refractivity contribution in [1.82, 2.24) is 14.5 Å². The summed E-state index contributed by atoms with van der Waals surface area (Å²) in [6, 6.07) is 7.93. The number of H-pyrrole nitrogens is 1. The van der Waals surface area contributed by atoms with Crippen LogP contribution in [0, 0.1) is 4.77 Å². The molecule has 1 unspecified atom stereocenters.